The number of hydrogen-bond acceptors (Lipinski definition) is 4. The Kier molecular flexibility index (Phi) is 4.47. The van der Waals surface area contributed by atoms with E-state index in [0.29, 0.717) is 13.1 Å². The third kappa shape index (κ3) is 3.39. The van der Waals surface area contributed by atoms with Gasteiger partial charge in [-0.05, 0) is 32.8 Å². The molecule has 1 fully saturated rings. The van der Waals surface area contributed by atoms with Gasteiger partial charge in [0.2, 0.25) is 5.91 Å². The third-order valence-electron chi connectivity index (χ3n) is 3.70. The van der Waals surface area contributed by atoms with Crippen LogP contribution in [0.25, 0.3) is 0 Å². The van der Waals surface area contributed by atoms with Crippen LogP contribution in [0.3, 0.4) is 0 Å². The fourth-order valence-electron chi connectivity index (χ4n) is 2.40. The van der Waals surface area contributed by atoms with Crippen LogP contribution in [0.2, 0.25) is 0 Å². The highest BCUT2D eigenvalue weighted by atomic mass is 32.2. The maximum Gasteiger partial charge on any atom is 0.238 e. The average Bonchev–Trinajstić information content (AvgIpc) is 3.00. The number of carbonyl (C=O) groups excluding carboxylic acids is 1. The highest BCUT2D eigenvalue weighted by Crippen LogP contribution is 2.19. The van der Waals surface area contributed by atoms with Crippen molar-refractivity contribution in [2.75, 3.05) is 12.3 Å². The van der Waals surface area contributed by atoms with Gasteiger partial charge >= 0.3 is 0 Å². The van der Waals surface area contributed by atoms with Crippen LogP contribution in [-0.2, 0) is 21.2 Å². The number of amides is 1. The first-order valence-electron chi connectivity index (χ1n) is 6.88. The Balaban J connectivity index is 2.01. The number of hydrogen-bond donors (Lipinski definition) is 0. The SMILES string of the molecule is CC(C)S(=O)(=O)CC(=O)N1CCC[C@@H]1Cn1cccn1. The molecule has 1 aliphatic heterocycles. The molecule has 1 aromatic heterocycles. The number of nitrogens with zero attached hydrogens (tertiary/aromatic N) is 3. The molecule has 1 aromatic rings. The van der Waals surface area contributed by atoms with Gasteiger partial charge in [-0.25, -0.2) is 8.42 Å². The van der Waals surface area contributed by atoms with Gasteiger partial charge in [0.05, 0.1) is 17.8 Å². The summed E-state index contributed by atoms with van der Waals surface area (Å²) in [7, 11) is -3.33. The molecule has 0 bridgehead atoms. The molecule has 0 N–H and O–H groups in total. The molecule has 0 unspecified atom stereocenters. The molecule has 0 spiro atoms. The van der Waals surface area contributed by atoms with Crippen molar-refractivity contribution in [3.8, 4) is 0 Å². The molecule has 20 heavy (non-hydrogen) atoms. The van der Waals surface area contributed by atoms with Crippen LogP contribution in [-0.4, -0.2) is 52.6 Å². The molecule has 112 valence electrons. The lowest BCUT2D eigenvalue weighted by Crippen LogP contribution is -2.42. The van der Waals surface area contributed by atoms with E-state index in [1.165, 1.54) is 0 Å². The zero-order valence-corrected chi connectivity index (χ0v) is 12.7. The summed E-state index contributed by atoms with van der Waals surface area (Å²) in [5, 5.41) is 3.62. The number of aromatic nitrogens is 2. The van der Waals surface area contributed by atoms with E-state index in [9.17, 15) is 13.2 Å². The summed E-state index contributed by atoms with van der Waals surface area (Å²) >= 11 is 0. The van der Waals surface area contributed by atoms with Gasteiger partial charge in [-0.3, -0.25) is 9.48 Å². The van der Waals surface area contributed by atoms with E-state index in [-0.39, 0.29) is 17.7 Å². The standard InChI is InChI=1S/C13H21N3O3S/c1-11(2)20(18,19)10-13(17)16-8-3-5-12(16)9-15-7-4-6-14-15/h4,6-7,11-12H,3,5,8-10H2,1-2H3/t12-/m1/s1. The van der Waals surface area contributed by atoms with Crippen LogP contribution in [0.15, 0.2) is 18.5 Å². The van der Waals surface area contributed by atoms with Crippen LogP contribution >= 0.6 is 0 Å². The normalized spacial score (nSPS) is 19.8. The van der Waals surface area contributed by atoms with Gasteiger partial charge in [-0.2, -0.15) is 5.10 Å². The molecule has 1 atom stereocenters. The first kappa shape index (κ1) is 15.0. The Morgan fingerprint density at radius 2 is 2.20 bits per heavy atom. The first-order chi connectivity index (χ1) is 9.40. The highest BCUT2D eigenvalue weighted by Gasteiger charge is 2.32. The zero-order chi connectivity index (χ0) is 14.8. The van der Waals surface area contributed by atoms with E-state index in [4.69, 9.17) is 0 Å². The van der Waals surface area contributed by atoms with Gasteiger partial charge in [-0.1, -0.05) is 0 Å². The molecule has 7 heteroatoms. The lowest BCUT2D eigenvalue weighted by molar-refractivity contribution is -0.129. The Morgan fingerprint density at radius 3 is 2.80 bits per heavy atom. The summed E-state index contributed by atoms with van der Waals surface area (Å²) in [5.74, 6) is -0.673. The van der Waals surface area contributed by atoms with E-state index >= 15 is 0 Å². The van der Waals surface area contributed by atoms with E-state index < -0.39 is 15.1 Å². The van der Waals surface area contributed by atoms with Crippen molar-refractivity contribution in [1.82, 2.24) is 14.7 Å². The molecule has 2 heterocycles. The number of rotatable bonds is 5. The Morgan fingerprint density at radius 1 is 1.45 bits per heavy atom. The fraction of sp³-hybridized carbons (Fsp3) is 0.692. The molecular weight excluding hydrogens is 278 g/mol. The molecule has 1 aliphatic rings. The molecule has 0 aromatic carbocycles. The van der Waals surface area contributed by atoms with Crippen molar-refractivity contribution >= 4 is 15.7 Å². The van der Waals surface area contributed by atoms with Crippen LogP contribution in [0, 0.1) is 0 Å². The van der Waals surface area contributed by atoms with Gasteiger partial charge in [-0.15, -0.1) is 0 Å². The second kappa shape index (κ2) is 5.95. The summed E-state index contributed by atoms with van der Waals surface area (Å²) in [5.41, 5.74) is 0. The lowest BCUT2D eigenvalue weighted by Gasteiger charge is -2.25. The van der Waals surface area contributed by atoms with Crippen molar-refractivity contribution in [1.29, 1.82) is 0 Å². The highest BCUT2D eigenvalue weighted by molar-refractivity contribution is 7.92. The van der Waals surface area contributed by atoms with E-state index in [1.807, 2.05) is 12.3 Å². The zero-order valence-electron chi connectivity index (χ0n) is 11.9. The van der Waals surface area contributed by atoms with E-state index in [2.05, 4.69) is 5.10 Å². The molecule has 1 amide bonds. The predicted molar refractivity (Wildman–Crippen MR) is 75.9 cm³/mol. The summed E-state index contributed by atoms with van der Waals surface area (Å²) in [6.45, 7) is 4.47. The van der Waals surface area contributed by atoms with Gasteiger partial charge in [0, 0.05) is 18.9 Å². The molecule has 6 nitrogen and oxygen atoms in total. The van der Waals surface area contributed by atoms with Gasteiger partial charge < -0.3 is 4.90 Å². The van der Waals surface area contributed by atoms with Crippen molar-refractivity contribution in [3.05, 3.63) is 18.5 Å². The fourth-order valence-corrected chi connectivity index (χ4v) is 3.24. The second-order valence-corrected chi connectivity index (χ2v) is 8.02. The Labute approximate surface area is 119 Å². The minimum absolute atomic E-state index is 0.0461. The minimum atomic E-state index is -3.33. The smallest absolute Gasteiger partial charge is 0.238 e. The van der Waals surface area contributed by atoms with Crippen molar-refractivity contribution in [2.45, 2.75) is 44.5 Å². The molecule has 1 saturated heterocycles. The Bertz CT molecular complexity index is 551. The summed E-state index contributed by atoms with van der Waals surface area (Å²) in [6, 6.07) is 1.88. The second-order valence-electron chi connectivity index (χ2n) is 5.47. The van der Waals surface area contributed by atoms with Crippen LogP contribution in [0.1, 0.15) is 26.7 Å². The van der Waals surface area contributed by atoms with Gasteiger partial charge in [0.25, 0.3) is 0 Å². The van der Waals surface area contributed by atoms with E-state index in [0.717, 1.165) is 12.8 Å². The van der Waals surface area contributed by atoms with Gasteiger partial charge in [0.15, 0.2) is 9.84 Å². The molecule has 0 saturated carbocycles. The van der Waals surface area contributed by atoms with Crippen LogP contribution in [0.5, 0.6) is 0 Å². The largest absolute Gasteiger partial charge is 0.337 e. The first-order valence-corrected chi connectivity index (χ1v) is 8.60. The minimum Gasteiger partial charge on any atom is -0.337 e. The molecule has 0 radical (unpaired) electrons. The maximum atomic E-state index is 12.2. The number of likely N-dealkylation sites (tertiary alicyclic amines) is 1. The van der Waals surface area contributed by atoms with Crippen molar-refractivity contribution in [3.63, 3.8) is 0 Å². The molecule has 2 rings (SSSR count). The Hall–Kier alpha value is -1.37. The van der Waals surface area contributed by atoms with Crippen LogP contribution in [0.4, 0.5) is 0 Å². The summed E-state index contributed by atoms with van der Waals surface area (Å²) in [4.78, 5) is 13.9. The molecular formula is C13H21N3O3S. The topological polar surface area (TPSA) is 72.3 Å². The quantitative estimate of drug-likeness (QED) is 0.802. The number of sulfone groups is 1. The number of carbonyl (C=O) groups is 1. The predicted octanol–water partition coefficient (Wildman–Crippen LogP) is 0.697. The van der Waals surface area contributed by atoms with Gasteiger partial charge in [0.1, 0.15) is 5.75 Å². The average molecular weight is 299 g/mol. The van der Waals surface area contributed by atoms with Crippen molar-refractivity contribution in [2.24, 2.45) is 0 Å². The lowest BCUT2D eigenvalue weighted by atomic mass is 10.2. The third-order valence-corrected chi connectivity index (χ3v) is 5.78. The maximum absolute atomic E-state index is 12.2. The van der Waals surface area contributed by atoms with Crippen LogP contribution < -0.4 is 0 Å². The molecule has 0 aliphatic carbocycles. The summed E-state index contributed by atoms with van der Waals surface area (Å²) < 4.78 is 25.5. The summed E-state index contributed by atoms with van der Waals surface area (Å²) in [6.07, 6.45) is 5.36. The van der Waals surface area contributed by atoms with Crippen molar-refractivity contribution < 1.29 is 13.2 Å². The van der Waals surface area contributed by atoms with E-state index in [1.54, 1.807) is 29.6 Å². The monoisotopic (exact) mass is 299 g/mol.